The number of nitrogens with one attached hydrogen (secondary N) is 3. The van der Waals surface area contributed by atoms with Crippen LogP contribution in [0.15, 0.2) is 59.3 Å². The number of halogens is 3. The number of benzene rings is 2. The number of alkyl halides is 3. The molecule has 1 heterocycles. The van der Waals surface area contributed by atoms with E-state index in [1.807, 2.05) is 16.8 Å². The average Bonchev–Trinajstić information content (AvgIpc) is 3.51. The number of urea groups is 1. The number of anilines is 2. The third-order valence-electron chi connectivity index (χ3n) is 5.84. The molecule has 0 aliphatic heterocycles. The van der Waals surface area contributed by atoms with Crippen LogP contribution in [0.5, 0.6) is 0 Å². The molecule has 0 spiro atoms. The molecule has 1 aromatic heterocycles. The first-order valence-corrected chi connectivity index (χ1v) is 11.9. The molecule has 3 N–H and O–H groups in total. The number of hydrogen-bond acceptors (Lipinski definition) is 3. The predicted molar refractivity (Wildman–Crippen MR) is 128 cm³/mol. The lowest BCUT2D eigenvalue weighted by Crippen LogP contribution is -2.28. The quantitative estimate of drug-likeness (QED) is 0.350. The third-order valence-corrected chi connectivity index (χ3v) is 6.52. The van der Waals surface area contributed by atoms with Gasteiger partial charge in [0.25, 0.3) is 5.91 Å². The van der Waals surface area contributed by atoms with Gasteiger partial charge >= 0.3 is 12.2 Å². The summed E-state index contributed by atoms with van der Waals surface area (Å²) in [6, 6.07) is 10.6. The van der Waals surface area contributed by atoms with Gasteiger partial charge in [-0.25, -0.2) is 4.79 Å². The van der Waals surface area contributed by atoms with Crippen LogP contribution in [-0.2, 0) is 6.18 Å². The molecule has 1 aliphatic carbocycles. The topological polar surface area (TPSA) is 70.2 Å². The Morgan fingerprint density at radius 1 is 1.00 bits per heavy atom. The van der Waals surface area contributed by atoms with E-state index >= 15 is 0 Å². The van der Waals surface area contributed by atoms with E-state index in [-0.39, 0.29) is 11.6 Å². The Morgan fingerprint density at radius 2 is 1.79 bits per heavy atom. The van der Waals surface area contributed by atoms with Crippen LogP contribution in [0.25, 0.3) is 11.1 Å². The molecule has 2 aromatic carbocycles. The minimum Gasteiger partial charge on any atom is -0.352 e. The Kier molecular flexibility index (Phi) is 7.21. The maximum absolute atomic E-state index is 13.0. The second-order valence-electron chi connectivity index (χ2n) is 8.29. The van der Waals surface area contributed by atoms with Crippen molar-refractivity contribution in [3.05, 3.63) is 70.4 Å². The highest BCUT2D eigenvalue weighted by Gasteiger charge is 2.30. The lowest BCUT2D eigenvalue weighted by molar-refractivity contribution is -0.137. The minimum atomic E-state index is -4.51. The highest BCUT2D eigenvalue weighted by Crippen LogP contribution is 2.32. The number of thiophene rings is 1. The van der Waals surface area contributed by atoms with Crippen LogP contribution in [-0.4, -0.2) is 18.5 Å². The Morgan fingerprint density at radius 3 is 2.50 bits per heavy atom. The molecule has 5 nitrogen and oxygen atoms in total. The Labute approximate surface area is 199 Å². The van der Waals surface area contributed by atoms with Gasteiger partial charge in [0, 0.05) is 23.4 Å². The van der Waals surface area contributed by atoms with Crippen molar-refractivity contribution in [1.82, 2.24) is 5.32 Å². The van der Waals surface area contributed by atoms with Crippen LogP contribution >= 0.6 is 11.3 Å². The van der Waals surface area contributed by atoms with Crippen molar-refractivity contribution >= 4 is 34.6 Å². The fourth-order valence-electron chi connectivity index (χ4n) is 4.07. The zero-order chi connectivity index (χ0) is 24.1. The van der Waals surface area contributed by atoms with Crippen molar-refractivity contribution in [3.8, 4) is 11.1 Å². The van der Waals surface area contributed by atoms with Crippen LogP contribution in [0.2, 0.25) is 0 Å². The van der Waals surface area contributed by atoms with Gasteiger partial charge in [0.2, 0.25) is 0 Å². The Hall–Kier alpha value is -3.33. The largest absolute Gasteiger partial charge is 0.416 e. The van der Waals surface area contributed by atoms with E-state index in [1.54, 1.807) is 18.2 Å². The van der Waals surface area contributed by atoms with Gasteiger partial charge < -0.3 is 16.0 Å². The molecule has 3 amide bonds. The van der Waals surface area contributed by atoms with E-state index in [0.29, 0.717) is 29.3 Å². The third kappa shape index (κ3) is 5.96. The highest BCUT2D eigenvalue weighted by molar-refractivity contribution is 7.08. The standard InChI is InChI=1S/C25H24F3N3O2S/c26-25(27,28)19-6-3-7-20(13-19)30-24(33)31-22-12-17(8-9-21(22)18-10-11-34-15-18)23(32)29-14-16-4-1-2-5-16/h3,6-13,15-16H,1-2,4-5,14H2,(H,29,32)(H2,30,31,33). The van der Waals surface area contributed by atoms with E-state index in [9.17, 15) is 22.8 Å². The van der Waals surface area contributed by atoms with Gasteiger partial charge in [-0.1, -0.05) is 25.0 Å². The number of hydrogen-bond donors (Lipinski definition) is 3. The molecule has 4 rings (SSSR count). The lowest BCUT2D eigenvalue weighted by Gasteiger charge is -2.15. The summed E-state index contributed by atoms with van der Waals surface area (Å²) in [5.74, 6) is 0.259. The Balaban J connectivity index is 1.52. The summed E-state index contributed by atoms with van der Waals surface area (Å²) in [7, 11) is 0. The van der Waals surface area contributed by atoms with Gasteiger partial charge in [0.1, 0.15) is 0 Å². The molecule has 1 fully saturated rings. The molecule has 34 heavy (non-hydrogen) atoms. The van der Waals surface area contributed by atoms with Crippen molar-refractivity contribution < 1.29 is 22.8 Å². The lowest BCUT2D eigenvalue weighted by atomic mass is 10.0. The second-order valence-corrected chi connectivity index (χ2v) is 9.07. The summed E-state index contributed by atoms with van der Waals surface area (Å²) in [6.45, 7) is 0.615. The van der Waals surface area contributed by atoms with Crippen molar-refractivity contribution in [2.24, 2.45) is 5.92 Å². The fraction of sp³-hybridized carbons (Fsp3) is 0.280. The molecule has 0 atom stereocenters. The first kappa shape index (κ1) is 23.8. The van der Waals surface area contributed by atoms with E-state index < -0.39 is 17.8 Å². The molecular formula is C25H24F3N3O2S. The summed E-state index contributed by atoms with van der Waals surface area (Å²) < 4.78 is 38.9. The summed E-state index contributed by atoms with van der Waals surface area (Å²) in [6.07, 6.45) is 0.0795. The SMILES string of the molecule is O=C(Nc1cccc(C(F)(F)F)c1)Nc1cc(C(=O)NCC2CCCC2)ccc1-c1ccsc1. The van der Waals surface area contributed by atoms with Crippen LogP contribution in [0.4, 0.5) is 29.3 Å². The Bertz CT molecular complexity index is 1160. The summed E-state index contributed by atoms with van der Waals surface area (Å²) >= 11 is 1.49. The number of rotatable bonds is 6. The first-order chi connectivity index (χ1) is 16.3. The van der Waals surface area contributed by atoms with Gasteiger partial charge in [-0.05, 0) is 71.5 Å². The molecule has 0 saturated heterocycles. The van der Waals surface area contributed by atoms with Crippen LogP contribution in [0.3, 0.4) is 0 Å². The molecule has 0 radical (unpaired) electrons. The monoisotopic (exact) mass is 487 g/mol. The average molecular weight is 488 g/mol. The van der Waals surface area contributed by atoms with Gasteiger partial charge in [-0.3, -0.25) is 4.79 Å². The molecule has 0 bridgehead atoms. The number of carbonyl (C=O) groups excluding carboxylic acids is 2. The highest BCUT2D eigenvalue weighted by atomic mass is 32.1. The molecule has 1 saturated carbocycles. The van der Waals surface area contributed by atoms with E-state index in [1.165, 1.54) is 36.3 Å². The van der Waals surface area contributed by atoms with Crippen LogP contribution < -0.4 is 16.0 Å². The number of carbonyl (C=O) groups is 2. The van der Waals surface area contributed by atoms with Crippen LogP contribution in [0, 0.1) is 5.92 Å². The molecule has 1 aliphatic rings. The van der Waals surface area contributed by atoms with Crippen molar-refractivity contribution in [2.75, 3.05) is 17.2 Å². The molecule has 9 heteroatoms. The van der Waals surface area contributed by atoms with Gasteiger partial charge in [-0.2, -0.15) is 24.5 Å². The fourth-order valence-corrected chi connectivity index (χ4v) is 4.73. The van der Waals surface area contributed by atoms with Crippen molar-refractivity contribution in [3.63, 3.8) is 0 Å². The maximum atomic E-state index is 13.0. The summed E-state index contributed by atoms with van der Waals surface area (Å²) in [5.41, 5.74) is 1.49. The predicted octanol–water partition coefficient (Wildman–Crippen LogP) is 7.00. The zero-order valence-corrected chi connectivity index (χ0v) is 19.1. The zero-order valence-electron chi connectivity index (χ0n) is 18.2. The molecule has 3 aromatic rings. The number of amides is 3. The van der Waals surface area contributed by atoms with E-state index in [2.05, 4.69) is 16.0 Å². The maximum Gasteiger partial charge on any atom is 0.416 e. The van der Waals surface area contributed by atoms with Gasteiger partial charge in [-0.15, -0.1) is 0 Å². The first-order valence-electron chi connectivity index (χ1n) is 11.0. The van der Waals surface area contributed by atoms with Gasteiger partial charge in [0.15, 0.2) is 0 Å². The van der Waals surface area contributed by atoms with Crippen molar-refractivity contribution in [1.29, 1.82) is 0 Å². The molecule has 0 unspecified atom stereocenters. The van der Waals surface area contributed by atoms with E-state index in [0.717, 1.165) is 30.5 Å². The van der Waals surface area contributed by atoms with Crippen LogP contribution in [0.1, 0.15) is 41.6 Å². The normalized spacial score (nSPS) is 14.1. The minimum absolute atomic E-state index is 0.00914. The van der Waals surface area contributed by atoms with Gasteiger partial charge in [0.05, 0.1) is 11.3 Å². The van der Waals surface area contributed by atoms with E-state index in [4.69, 9.17) is 0 Å². The smallest absolute Gasteiger partial charge is 0.352 e. The molecule has 178 valence electrons. The van der Waals surface area contributed by atoms with Crippen molar-refractivity contribution in [2.45, 2.75) is 31.9 Å². The molecular weight excluding hydrogens is 463 g/mol. The summed E-state index contributed by atoms with van der Waals surface area (Å²) in [5, 5.41) is 11.9. The summed E-state index contributed by atoms with van der Waals surface area (Å²) in [4.78, 5) is 25.4. The second kappa shape index (κ2) is 10.3.